The van der Waals surface area contributed by atoms with Crippen LogP contribution in [0, 0.1) is 0 Å². The monoisotopic (exact) mass is 294 g/mol. The van der Waals surface area contributed by atoms with Crippen molar-refractivity contribution in [3.63, 3.8) is 0 Å². The van der Waals surface area contributed by atoms with Crippen LogP contribution in [0.4, 0.5) is 5.82 Å². The summed E-state index contributed by atoms with van der Waals surface area (Å²) >= 11 is 0. The molecule has 0 radical (unpaired) electrons. The third-order valence-electron chi connectivity index (χ3n) is 3.34. The summed E-state index contributed by atoms with van der Waals surface area (Å²) in [5.41, 5.74) is 7.24. The second kappa shape index (κ2) is 5.99. The van der Waals surface area contributed by atoms with Gasteiger partial charge in [0.05, 0.1) is 11.1 Å². The van der Waals surface area contributed by atoms with Crippen LogP contribution in [0.5, 0.6) is 5.75 Å². The van der Waals surface area contributed by atoms with E-state index in [2.05, 4.69) is 15.3 Å². The molecule has 0 aliphatic heterocycles. The van der Waals surface area contributed by atoms with E-state index in [0.29, 0.717) is 17.9 Å². The van der Waals surface area contributed by atoms with Crippen molar-refractivity contribution >= 4 is 16.7 Å². The molecule has 1 heterocycles. The lowest BCUT2D eigenvalue weighted by atomic mass is 10.1. The lowest BCUT2D eigenvalue weighted by Gasteiger charge is -2.13. The Morgan fingerprint density at radius 1 is 1.09 bits per heavy atom. The summed E-state index contributed by atoms with van der Waals surface area (Å²) in [7, 11) is 0. The lowest BCUT2D eigenvalue weighted by molar-refractivity contribution is 0.477. The highest BCUT2D eigenvalue weighted by molar-refractivity contribution is 5.90. The van der Waals surface area contributed by atoms with Gasteiger partial charge in [0.1, 0.15) is 11.6 Å². The molecule has 0 amide bonds. The Bertz CT molecular complexity index is 802. The minimum absolute atomic E-state index is 0.0160. The minimum Gasteiger partial charge on any atom is -0.507 e. The van der Waals surface area contributed by atoms with Gasteiger partial charge in [-0.2, -0.15) is 0 Å². The van der Waals surface area contributed by atoms with E-state index in [-0.39, 0.29) is 11.8 Å². The summed E-state index contributed by atoms with van der Waals surface area (Å²) in [6.45, 7) is 2.54. The molecular formula is C17H18N4O. The van der Waals surface area contributed by atoms with Crippen molar-refractivity contribution in [3.8, 4) is 17.1 Å². The molecule has 0 unspecified atom stereocenters. The average Bonchev–Trinajstić information content (AvgIpc) is 2.52. The predicted molar refractivity (Wildman–Crippen MR) is 88.8 cm³/mol. The number of hydrogen-bond acceptors (Lipinski definition) is 5. The van der Waals surface area contributed by atoms with Gasteiger partial charge in [-0.25, -0.2) is 9.97 Å². The van der Waals surface area contributed by atoms with Gasteiger partial charge < -0.3 is 16.2 Å². The van der Waals surface area contributed by atoms with Crippen LogP contribution in [0.3, 0.4) is 0 Å². The highest BCUT2D eigenvalue weighted by Gasteiger charge is 2.11. The normalized spacial score (nSPS) is 12.3. The molecule has 0 bridgehead atoms. The quantitative estimate of drug-likeness (QED) is 0.689. The molecule has 0 fully saturated rings. The van der Waals surface area contributed by atoms with E-state index >= 15 is 0 Å². The number of rotatable bonds is 4. The van der Waals surface area contributed by atoms with E-state index in [1.165, 1.54) is 0 Å². The van der Waals surface area contributed by atoms with Crippen LogP contribution in [-0.2, 0) is 0 Å². The molecule has 3 rings (SSSR count). The molecule has 22 heavy (non-hydrogen) atoms. The van der Waals surface area contributed by atoms with Crippen LogP contribution in [0.2, 0.25) is 0 Å². The number of anilines is 1. The molecule has 0 saturated heterocycles. The number of nitrogens with one attached hydrogen (secondary N) is 1. The lowest BCUT2D eigenvalue weighted by Crippen LogP contribution is -2.25. The largest absolute Gasteiger partial charge is 0.507 e. The van der Waals surface area contributed by atoms with E-state index in [4.69, 9.17) is 5.73 Å². The number of aromatic nitrogens is 2. The number of aromatic hydroxyl groups is 1. The maximum absolute atomic E-state index is 10.0. The van der Waals surface area contributed by atoms with Crippen LogP contribution >= 0.6 is 0 Å². The SMILES string of the molecule is C[C@H](N)CNc1nc(-c2ccccc2O)nc2ccccc12. The molecule has 4 N–H and O–H groups in total. The van der Waals surface area contributed by atoms with E-state index in [1.54, 1.807) is 18.2 Å². The molecule has 1 atom stereocenters. The number of phenolic OH excluding ortho intramolecular Hbond substituents is 1. The fourth-order valence-corrected chi connectivity index (χ4v) is 2.25. The molecule has 1 aromatic heterocycles. The Morgan fingerprint density at radius 2 is 1.82 bits per heavy atom. The first-order valence-electron chi connectivity index (χ1n) is 7.20. The molecule has 112 valence electrons. The Morgan fingerprint density at radius 3 is 2.59 bits per heavy atom. The van der Waals surface area contributed by atoms with Crippen molar-refractivity contribution < 1.29 is 5.11 Å². The number of fused-ring (bicyclic) bond motifs is 1. The van der Waals surface area contributed by atoms with Gasteiger partial charge in [0.25, 0.3) is 0 Å². The van der Waals surface area contributed by atoms with Crippen molar-refractivity contribution in [1.29, 1.82) is 0 Å². The molecule has 0 saturated carbocycles. The topological polar surface area (TPSA) is 84.1 Å². The molecule has 0 spiro atoms. The van der Waals surface area contributed by atoms with Gasteiger partial charge in [-0.3, -0.25) is 0 Å². The van der Waals surface area contributed by atoms with Crippen molar-refractivity contribution in [1.82, 2.24) is 9.97 Å². The smallest absolute Gasteiger partial charge is 0.165 e. The van der Waals surface area contributed by atoms with Gasteiger partial charge in [-0.05, 0) is 31.2 Å². The van der Waals surface area contributed by atoms with Crippen molar-refractivity contribution in [2.24, 2.45) is 5.73 Å². The molecule has 0 aliphatic carbocycles. The number of nitrogens with zero attached hydrogens (tertiary/aromatic N) is 2. The molecular weight excluding hydrogens is 276 g/mol. The third kappa shape index (κ3) is 2.84. The van der Waals surface area contributed by atoms with Gasteiger partial charge in [0, 0.05) is 18.0 Å². The van der Waals surface area contributed by atoms with Gasteiger partial charge in [0.2, 0.25) is 0 Å². The number of benzene rings is 2. The van der Waals surface area contributed by atoms with Crippen molar-refractivity contribution in [2.45, 2.75) is 13.0 Å². The number of para-hydroxylation sites is 2. The Hall–Kier alpha value is -2.66. The van der Waals surface area contributed by atoms with Crippen LogP contribution < -0.4 is 11.1 Å². The van der Waals surface area contributed by atoms with Gasteiger partial charge >= 0.3 is 0 Å². The zero-order valence-electron chi connectivity index (χ0n) is 12.3. The van der Waals surface area contributed by atoms with Crippen molar-refractivity contribution in [2.75, 3.05) is 11.9 Å². The first kappa shape index (κ1) is 14.3. The number of phenols is 1. The summed E-state index contributed by atoms with van der Waals surface area (Å²) < 4.78 is 0. The van der Waals surface area contributed by atoms with Crippen LogP contribution in [-0.4, -0.2) is 27.7 Å². The molecule has 5 nitrogen and oxygen atoms in total. The third-order valence-corrected chi connectivity index (χ3v) is 3.34. The van der Waals surface area contributed by atoms with E-state index in [1.807, 2.05) is 37.3 Å². The van der Waals surface area contributed by atoms with Gasteiger partial charge in [-0.1, -0.05) is 24.3 Å². The molecule has 2 aromatic carbocycles. The fourth-order valence-electron chi connectivity index (χ4n) is 2.25. The number of nitrogens with two attached hydrogens (primary N) is 1. The van der Waals surface area contributed by atoms with Gasteiger partial charge in [0.15, 0.2) is 5.82 Å². The van der Waals surface area contributed by atoms with Crippen molar-refractivity contribution in [3.05, 3.63) is 48.5 Å². The predicted octanol–water partition coefficient (Wildman–Crippen LogP) is 2.76. The molecule has 3 aromatic rings. The Kier molecular flexibility index (Phi) is 3.89. The Balaban J connectivity index is 2.14. The van der Waals surface area contributed by atoms with Crippen LogP contribution in [0.1, 0.15) is 6.92 Å². The molecule has 0 aliphatic rings. The second-order valence-corrected chi connectivity index (χ2v) is 5.29. The summed E-state index contributed by atoms with van der Waals surface area (Å²) in [6.07, 6.45) is 0. The summed E-state index contributed by atoms with van der Waals surface area (Å²) in [4.78, 5) is 9.12. The zero-order chi connectivity index (χ0) is 15.5. The first-order chi connectivity index (χ1) is 10.6. The van der Waals surface area contributed by atoms with E-state index in [0.717, 1.165) is 16.7 Å². The Labute approximate surface area is 128 Å². The highest BCUT2D eigenvalue weighted by Crippen LogP contribution is 2.29. The first-order valence-corrected chi connectivity index (χ1v) is 7.20. The minimum atomic E-state index is 0.0160. The van der Waals surface area contributed by atoms with E-state index in [9.17, 15) is 5.11 Å². The van der Waals surface area contributed by atoms with Gasteiger partial charge in [-0.15, -0.1) is 0 Å². The standard InChI is InChI=1S/C17H18N4O/c1-11(18)10-19-16-12-6-2-4-8-14(12)20-17(21-16)13-7-3-5-9-15(13)22/h2-9,11,22H,10,18H2,1H3,(H,19,20,21)/t11-/m0/s1. The van der Waals surface area contributed by atoms with Crippen LogP contribution in [0.25, 0.3) is 22.3 Å². The average molecular weight is 294 g/mol. The number of hydrogen-bond donors (Lipinski definition) is 3. The summed E-state index contributed by atoms with van der Waals surface area (Å²) in [6, 6.07) is 14.8. The fraction of sp³-hybridized carbons (Fsp3) is 0.176. The maximum Gasteiger partial charge on any atom is 0.165 e. The summed E-state index contributed by atoms with van der Waals surface area (Å²) in [5, 5.41) is 14.2. The van der Waals surface area contributed by atoms with E-state index < -0.39 is 0 Å². The van der Waals surface area contributed by atoms with Crippen LogP contribution in [0.15, 0.2) is 48.5 Å². The second-order valence-electron chi connectivity index (χ2n) is 5.29. The summed E-state index contributed by atoms with van der Waals surface area (Å²) in [5.74, 6) is 1.38. The highest BCUT2D eigenvalue weighted by atomic mass is 16.3. The molecule has 5 heteroatoms. The maximum atomic E-state index is 10.0. The zero-order valence-corrected chi connectivity index (χ0v) is 12.3.